The van der Waals surface area contributed by atoms with Gasteiger partial charge >= 0.3 is 0 Å². The fourth-order valence-corrected chi connectivity index (χ4v) is 2.04. The first-order chi connectivity index (χ1) is 7.23. The molecule has 0 amide bonds. The minimum atomic E-state index is -0.434. The van der Waals surface area contributed by atoms with E-state index in [1.807, 2.05) is 6.07 Å². The molecule has 1 spiro atoms. The highest BCUT2D eigenvalue weighted by Crippen LogP contribution is 2.66. The van der Waals surface area contributed by atoms with Crippen LogP contribution in [0.5, 0.6) is 0 Å². The zero-order chi connectivity index (χ0) is 10.5. The van der Waals surface area contributed by atoms with Crippen LogP contribution < -0.4 is 5.32 Å². The third-order valence-corrected chi connectivity index (χ3v) is 3.36. The number of hydrogen-bond acceptors (Lipinski definition) is 3. The number of nitrogens with one attached hydrogen (secondary N) is 1. The summed E-state index contributed by atoms with van der Waals surface area (Å²) in [5, 5.41) is 11.7. The second kappa shape index (κ2) is 2.69. The average Bonchev–Trinajstić information content (AvgIpc) is 3.13. The van der Waals surface area contributed by atoms with E-state index in [2.05, 4.69) is 10.3 Å². The average molecular weight is 203 g/mol. The van der Waals surface area contributed by atoms with E-state index in [1.165, 1.54) is 25.1 Å². The van der Waals surface area contributed by atoms with Crippen molar-refractivity contribution in [2.24, 2.45) is 5.41 Å². The molecule has 1 aromatic rings. The molecule has 0 aromatic carbocycles. The van der Waals surface area contributed by atoms with Crippen molar-refractivity contribution in [3.05, 3.63) is 23.6 Å². The molecule has 4 heteroatoms. The second-order valence-electron chi connectivity index (χ2n) is 4.43. The summed E-state index contributed by atoms with van der Waals surface area (Å²) in [7, 11) is 0. The molecular weight excluding hydrogens is 193 g/mol. The molecule has 2 aliphatic carbocycles. The Morgan fingerprint density at radius 1 is 1.60 bits per heavy atom. The Labute approximate surface area is 86.9 Å². The Morgan fingerprint density at radius 3 is 2.93 bits per heavy atom. The van der Waals surface area contributed by atoms with Crippen LogP contribution >= 0.6 is 0 Å². The lowest BCUT2D eigenvalue weighted by Crippen LogP contribution is -2.08. The molecule has 76 valence electrons. The van der Waals surface area contributed by atoms with Gasteiger partial charge in [0.15, 0.2) is 11.6 Å². The van der Waals surface area contributed by atoms with Gasteiger partial charge in [0.2, 0.25) is 0 Å². The van der Waals surface area contributed by atoms with E-state index < -0.39 is 5.82 Å². The molecule has 2 fully saturated rings. The maximum atomic E-state index is 13.4. The summed E-state index contributed by atoms with van der Waals surface area (Å²) in [5.41, 5.74) is 0.733. The molecule has 1 N–H and O–H groups in total. The molecule has 2 aliphatic rings. The van der Waals surface area contributed by atoms with E-state index in [9.17, 15) is 4.39 Å². The molecule has 3 nitrogen and oxygen atoms in total. The predicted octanol–water partition coefficient (Wildman–Crippen LogP) is 2.06. The summed E-state index contributed by atoms with van der Waals surface area (Å²) >= 11 is 0. The van der Waals surface area contributed by atoms with Gasteiger partial charge in [-0.25, -0.2) is 9.37 Å². The van der Waals surface area contributed by atoms with Crippen molar-refractivity contribution in [1.82, 2.24) is 4.98 Å². The number of aromatic nitrogens is 1. The molecule has 2 saturated carbocycles. The molecule has 0 saturated heterocycles. The lowest BCUT2D eigenvalue weighted by Gasteiger charge is -2.05. The summed E-state index contributed by atoms with van der Waals surface area (Å²) in [6.45, 7) is 0. The van der Waals surface area contributed by atoms with Gasteiger partial charge in [-0.15, -0.1) is 0 Å². The van der Waals surface area contributed by atoms with Gasteiger partial charge in [-0.2, -0.15) is 5.26 Å². The Bertz CT molecular complexity index is 459. The third-order valence-electron chi connectivity index (χ3n) is 3.36. The van der Waals surface area contributed by atoms with Crippen molar-refractivity contribution in [1.29, 1.82) is 5.26 Å². The highest BCUT2D eigenvalue weighted by atomic mass is 19.1. The van der Waals surface area contributed by atoms with Gasteiger partial charge in [0.05, 0.1) is 5.56 Å². The van der Waals surface area contributed by atoms with Gasteiger partial charge in [0.25, 0.3) is 0 Å². The Kier molecular flexibility index (Phi) is 1.55. The third kappa shape index (κ3) is 1.35. The molecule has 0 bridgehead atoms. The van der Waals surface area contributed by atoms with E-state index in [4.69, 9.17) is 5.26 Å². The van der Waals surface area contributed by atoms with Crippen LogP contribution in [-0.2, 0) is 0 Å². The largest absolute Gasteiger partial charge is 0.364 e. The standard InChI is InChI=1S/C11H10FN3/c12-8-3-7(5-13)6-14-10(8)15-9-4-11(9)1-2-11/h3,6,9H,1-2,4H2,(H,14,15). The van der Waals surface area contributed by atoms with Crippen LogP contribution in [0.3, 0.4) is 0 Å². The van der Waals surface area contributed by atoms with Gasteiger partial charge < -0.3 is 5.32 Å². The van der Waals surface area contributed by atoms with E-state index in [1.54, 1.807) is 0 Å². The summed E-state index contributed by atoms with van der Waals surface area (Å²) in [6, 6.07) is 3.48. The van der Waals surface area contributed by atoms with Gasteiger partial charge in [-0.05, 0) is 30.7 Å². The molecule has 0 aliphatic heterocycles. The maximum absolute atomic E-state index is 13.4. The number of nitriles is 1. The lowest BCUT2D eigenvalue weighted by atomic mass is 10.3. The number of hydrogen-bond donors (Lipinski definition) is 1. The Hall–Kier alpha value is -1.63. The molecule has 3 rings (SSSR count). The van der Waals surface area contributed by atoms with E-state index in [-0.39, 0.29) is 11.4 Å². The minimum absolute atomic E-state index is 0.259. The van der Waals surface area contributed by atoms with Crippen molar-refractivity contribution in [2.75, 3.05) is 5.32 Å². The second-order valence-corrected chi connectivity index (χ2v) is 4.43. The van der Waals surface area contributed by atoms with Crippen LogP contribution in [0, 0.1) is 22.6 Å². The van der Waals surface area contributed by atoms with E-state index in [0.29, 0.717) is 11.5 Å². The van der Waals surface area contributed by atoms with Crippen LogP contribution in [0.1, 0.15) is 24.8 Å². The molecule has 0 radical (unpaired) electrons. The van der Waals surface area contributed by atoms with Crippen LogP contribution in [0.4, 0.5) is 10.2 Å². The molecule has 1 aromatic heterocycles. The van der Waals surface area contributed by atoms with Crippen molar-refractivity contribution in [3.8, 4) is 6.07 Å². The van der Waals surface area contributed by atoms with Crippen molar-refractivity contribution in [3.63, 3.8) is 0 Å². The number of pyridine rings is 1. The molecule has 15 heavy (non-hydrogen) atoms. The maximum Gasteiger partial charge on any atom is 0.166 e. The van der Waals surface area contributed by atoms with Gasteiger partial charge in [0.1, 0.15) is 6.07 Å². The van der Waals surface area contributed by atoms with Gasteiger partial charge in [0, 0.05) is 12.2 Å². The van der Waals surface area contributed by atoms with Crippen molar-refractivity contribution in [2.45, 2.75) is 25.3 Å². The summed E-state index contributed by atoms with van der Waals surface area (Å²) in [6.07, 6.45) is 5.03. The number of anilines is 1. The topological polar surface area (TPSA) is 48.7 Å². The van der Waals surface area contributed by atoms with Gasteiger partial charge in [-0.1, -0.05) is 0 Å². The molecule has 1 atom stereocenters. The van der Waals surface area contributed by atoms with E-state index in [0.717, 1.165) is 6.42 Å². The zero-order valence-corrected chi connectivity index (χ0v) is 8.13. The summed E-state index contributed by atoms with van der Waals surface area (Å²) in [5.74, 6) is -0.153. The molecule has 1 unspecified atom stereocenters. The number of rotatable bonds is 2. The highest BCUT2D eigenvalue weighted by molar-refractivity contribution is 5.44. The number of halogens is 1. The fourth-order valence-electron chi connectivity index (χ4n) is 2.04. The minimum Gasteiger partial charge on any atom is -0.364 e. The van der Waals surface area contributed by atoms with Crippen molar-refractivity contribution >= 4 is 5.82 Å². The Morgan fingerprint density at radius 2 is 2.40 bits per heavy atom. The zero-order valence-electron chi connectivity index (χ0n) is 8.13. The summed E-state index contributed by atoms with van der Waals surface area (Å²) < 4.78 is 13.4. The number of nitrogens with zero attached hydrogens (tertiary/aromatic N) is 2. The quantitative estimate of drug-likeness (QED) is 0.800. The lowest BCUT2D eigenvalue weighted by molar-refractivity contribution is 0.622. The van der Waals surface area contributed by atoms with Crippen LogP contribution in [0.15, 0.2) is 12.3 Å². The van der Waals surface area contributed by atoms with Crippen LogP contribution in [-0.4, -0.2) is 11.0 Å². The normalized spacial score (nSPS) is 24.7. The smallest absolute Gasteiger partial charge is 0.166 e. The van der Waals surface area contributed by atoms with Crippen LogP contribution in [0.2, 0.25) is 0 Å². The first kappa shape index (κ1) is 8.66. The molecule has 1 heterocycles. The summed E-state index contributed by atoms with van der Waals surface area (Å²) in [4.78, 5) is 3.91. The monoisotopic (exact) mass is 203 g/mol. The van der Waals surface area contributed by atoms with Crippen LogP contribution in [0.25, 0.3) is 0 Å². The van der Waals surface area contributed by atoms with Gasteiger partial charge in [-0.3, -0.25) is 0 Å². The highest BCUT2D eigenvalue weighted by Gasteiger charge is 2.63. The van der Waals surface area contributed by atoms with E-state index >= 15 is 0 Å². The predicted molar refractivity (Wildman–Crippen MR) is 52.6 cm³/mol. The Balaban J connectivity index is 1.78. The first-order valence-electron chi connectivity index (χ1n) is 5.06. The fraction of sp³-hybridized carbons (Fsp3) is 0.455. The van der Waals surface area contributed by atoms with Crippen molar-refractivity contribution < 1.29 is 4.39 Å². The molecular formula is C11H10FN3. The first-order valence-corrected chi connectivity index (χ1v) is 5.06. The SMILES string of the molecule is N#Cc1cnc(NC2CC23CC3)c(F)c1.